The molecule has 3 fully saturated rings. The van der Waals surface area contributed by atoms with Crippen LogP contribution in [0.1, 0.15) is 24.8 Å². The van der Waals surface area contributed by atoms with Gasteiger partial charge in [-0.1, -0.05) is 18.2 Å². The number of hydrogen-bond donors (Lipinski definition) is 1. The van der Waals surface area contributed by atoms with Crippen LogP contribution in [0.15, 0.2) is 24.3 Å². The van der Waals surface area contributed by atoms with Crippen LogP contribution in [0, 0.1) is 16.6 Å². The van der Waals surface area contributed by atoms with Crippen molar-refractivity contribution in [1.29, 1.82) is 0 Å². The maximum atomic E-state index is 13.5. The van der Waals surface area contributed by atoms with Gasteiger partial charge in [0.25, 0.3) is 0 Å². The molecule has 3 aliphatic carbocycles. The second-order valence-corrected chi connectivity index (χ2v) is 5.50. The molecule has 0 atom stereocenters. The van der Waals surface area contributed by atoms with E-state index in [1.54, 1.807) is 12.1 Å². The highest BCUT2D eigenvalue weighted by Crippen LogP contribution is 2.73. The van der Waals surface area contributed by atoms with Gasteiger partial charge in [-0.15, -0.1) is 0 Å². The van der Waals surface area contributed by atoms with Crippen molar-refractivity contribution in [3.05, 3.63) is 35.6 Å². The van der Waals surface area contributed by atoms with Crippen LogP contribution in [0.3, 0.4) is 0 Å². The van der Waals surface area contributed by atoms with E-state index in [2.05, 4.69) is 0 Å². The molecule has 80 valence electrons. The highest BCUT2D eigenvalue weighted by Gasteiger charge is 2.66. The van der Waals surface area contributed by atoms with Crippen LogP contribution in [0.2, 0.25) is 0 Å². The van der Waals surface area contributed by atoms with Crippen LogP contribution in [-0.4, -0.2) is 6.54 Å². The number of benzene rings is 1. The van der Waals surface area contributed by atoms with Crippen molar-refractivity contribution in [2.24, 2.45) is 16.6 Å². The van der Waals surface area contributed by atoms with Gasteiger partial charge in [-0.25, -0.2) is 4.39 Å². The lowest BCUT2D eigenvalue weighted by Crippen LogP contribution is -2.65. The minimum absolute atomic E-state index is 0.0518. The minimum atomic E-state index is -0.0518. The second-order valence-electron chi connectivity index (χ2n) is 5.50. The van der Waals surface area contributed by atoms with E-state index in [4.69, 9.17) is 5.73 Å². The van der Waals surface area contributed by atoms with Crippen molar-refractivity contribution >= 4 is 0 Å². The summed E-state index contributed by atoms with van der Waals surface area (Å²) in [6.45, 7) is 0.812. The van der Waals surface area contributed by atoms with Gasteiger partial charge in [0, 0.05) is 0 Å². The topological polar surface area (TPSA) is 26.0 Å². The van der Waals surface area contributed by atoms with E-state index < -0.39 is 0 Å². The normalized spacial score (nSPS) is 36.9. The van der Waals surface area contributed by atoms with Crippen LogP contribution < -0.4 is 5.73 Å². The Balaban J connectivity index is 1.72. The van der Waals surface area contributed by atoms with Crippen molar-refractivity contribution in [2.75, 3.05) is 6.54 Å². The van der Waals surface area contributed by atoms with Crippen molar-refractivity contribution in [1.82, 2.24) is 0 Å². The summed E-state index contributed by atoms with van der Waals surface area (Å²) in [5.74, 6) is -0.0518. The lowest BCUT2D eigenvalue weighted by atomic mass is 9.34. The molecule has 2 heteroatoms. The monoisotopic (exact) mass is 205 g/mol. The zero-order valence-corrected chi connectivity index (χ0v) is 8.80. The lowest BCUT2D eigenvalue weighted by Gasteiger charge is -2.71. The van der Waals surface area contributed by atoms with Gasteiger partial charge in [-0.2, -0.15) is 0 Å². The second kappa shape index (κ2) is 2.82. The molecule has 3 saturated carbocycles. The fourth-order valence-electron chi connectivity index (χ4n) is 3.68. The Morgan fingerprint density at radius 1 is 1.13 bits per heavy atom. The summed E-state index contributed by atoms with van der Waals surface area (Å²) in [5, 5.41) is 0. The van der Waals surface area contributed by atoms with Gasteiger partial charge in [0.2, 0.25) is 0 Å². The van der Waals surface area contributed by atoms with Crippen molar-refractivity contribution < 1.29 is 4.39 Å². The van der Waals surface area contributed by atoms with Crippen LogP contribution in [0.5, 0.6) is 0 Å². The number of halogens is 1. The van der Waals surface area contributed by atoms with Gasteiger partial charge in [0.15, 0.2) is 0 Å². The molecule has 1 aromatic carbocycles. The molecule has 2 N–H and O–H groups in total. The van der Waals surface area contributed by atoms with E-state index in [0.29, 0.717) is 10.8 Å². The van der Waals surface area contributed by atoms with E-state index in [-0.39, 0.29) is 5.82 Å². The zero-order valence-electron chi connectivity index (χ0n) is 8.80. The SMILES string of the molecule is NCC12CC(Cc3ccccc3F)(C1)C2. The number of nitrogens with two attached hydrogens (primary N) is 1. The average molecular weight is 205 g/mol. The number of rotatable bonds is 3. The van der Waals surface area contributed by atoms with Gasteiger partial charge < -0.3 is 5.73 Å². The summed E-state index contributed by atoms with van der Waals surface area (Å²) < 4.78 is 13.5. The Bertz CT molecular complexity index is 380. The summed E-state index contributed by atoms with van der Waals surface area (Å²) in [7, 11) is 0. The van der Waals surface area contributed by atoms with E-state index in [9.17, 15) is 4.39 Å². The Labute approximate surface area is 89.5 Å². The van der Waals surface area contributed by atoms with Gasteiger partial charge in [-0.3, -0.25) is 0 Å². The van der Waals surface area contributed by atoms with Crippen LogP contribution >= 0.6 is 0 Å². The molecule has 4 rings (SSSR count). The predicted molar refractivity (Wildman–Crippen MR) is 57.9 cm³/mol. The van der Waals surface area contributed by atoms with Crippen molar-refractivity contribution in [3.63, 3.8) is 0 Å². The highest BCUT2D eigenvalue weighted by molar-refractivity contribution is 5.26. The first kappa shape index (κ1) is 9.34. The maximum Gasteiger partial charge on any atom is 0.126 e. The summed E-state index contributed by atoms with van der Waals surface area (Å²) in [6.07, 6.45) is 4.54. The van der Waals surface area contributed by atoms with Gasteiger partial charge in [-0.05, 0) is 54.7 Å². The summed E-state index contributed by atoms with van der Waals surface area (Å²) in [6, 6.07) is 7.13. The fourth-order valence-corrected chi connectivity index (χ4v) is 3.68. The Kier molecular flexibility index (Phi) is 1.76. The highest BCUT2D eigenvalue weighted by atomic mass is 19.1. The van der Waals surface area contributed by atoms with E-state index in [1.165, 1.54) is 19.3 Å². The molecular weight excluding hydrogens is 189 g/mol. The molecule has 2 bridgehead atoms. The third-order valence-electron chi connectivity index (χ3n) is 4.21. The molecular formula is C13H16FN. The first-order valence-electron chi connectivity index (χ1n) is 5.61. The molecule has 0 aliphatic heterocycles. The zero-order chi connectivity index (χ0) is 10.5. The third kappa shape index (κ3) is 1.24. The Hall–Kier alpha value is -0.890. The minimum Gasteiger partial charge on any atom is -0.330 e. The molecule has 0 aromatic heterocycles. The molecule has 15 heavy (non-hydrogen) atoms. The molecule has 0 heterocycles. The molecule has 0 unspecified atom stereocenters. The Morgan fingerprint density at radius 3 is 2.40 bits per heavy atom. The molecule has 1 aromatic rings. The number of hydrogen-bond acceptors (Lipinski definition) is 1. The first-order valence-corrected chi connectivity index (χ1v) is 5.61. The fraction of sp³-hybridized carbons (Fsp3) is 0.538. The van der Waals surface area contributed by atoms with Crippen LogP contribution in [-0.2, 0) is 6.42 Å². The van der Waals surface area contributed by atoms with Gasteiger partial charge in [0.05, 0.1) is 0 Å². The smallest absolute Gasteiger partial charge is 0.126 e. The molecule has 0 spiro atoms. The molecule has 1 nitrogen and oxygen atoms in total. The largest absolute Gasteiger partial charge is 0.330 e. The van der Waals surface area contributed by atoms with E-state index >= 15 is 0 Å². The summed E-state index contributed by atoms with van der Waals surface area (Å²) >= 11 is 0. The predicted octanol–water partition coefficient (Wildman–Crippen LogP) is 2.50. The van der Waals surface area contributed by atoms with Crippen molar-refractivity contribution in [2.45, 2.75) is 25.7 Å². The average Bonchev–Trinajstić information content (AvgIpc) is 2.11. The molecule has 0 radical (unpaired) electrons. The van der Waals surface area contributed by atoms with Gasteiger partial charge >= 0.3 is 0 Å². The Morgan fingerprint density at radius 2 is 1.80 bits per heavy atom. The lowest BCUT2D eigenvalue weighted by molar-refractivity contribution is -0.195. The van der Waals surface area contributed by atoms with Crippen LogP contribution in [0.25, 0.3) is 0 Å². The van der Waals surface area contributed by atoms with E-state index in [1.807, 2.05) is 12.1 Å². The third-order valence-corrected chi connectivity index (χ3v) is 4.21. The van der Waals surface area contributed by atoms with E-state index in [0.717, 1.165) is 18.5 Å². The first-order chi connectivity index (χ1) is 7.17. The van der Waals surface area contributed by atoms with Crippen LogP contribution in [0.4, 0.5) is 4.39 Å². The molecule has 3 aliphatic rings. The van der Waals surface area contributed by atoms with Crippen molar-refractivity contribution in [3.8, 4) is 0 Å². The standard InChI is InChI=1S/C13H16FN/c14-11-4-2-1-3-10(11)5-12-6-13(7-12,8-12)9-15/h1-4H,5-9,15H2. The summed E-state index contributed by atoms with van der Waals surface area (Å²) in [4.78, 5) is 0. The quantitative estimate of drug-likeness (QED) is 0.806. The summed E-state index contributed by atoms with van der Waals surface area (Å²) in [5.41, 5.74) is 7.45. The molecule has 0 saturated heterocycles. The maximum absolute atomic E-state index is 13.5. The van der Waals surface area contributed by atoms with Gasteiger partial charge in [0.1, 0.15) is 5.82 Å². The molecule has 0 amide bonds.